The molecular weight excluding hydrogens is 466 g/mol. The number of aliphatic imine (C=N–C) groups is 1. The lowest BCUT2D eigenvalue weighted by molar-refractivity contribution is -0.136. The van der Waals surface area contributed by atoms with E-state index in [4.69, 9.17) is 14.2 Å². The van der Waals surface area contributed by atoms with E-state index >= 15 is 0 Å². The monoisotopic (exact) mass is 493 g/mol. The number of amidine groups is 1. The molecule has 35 heavy (non-hydrogen) atoms. The highest BCUT2D eigenvalue weighted by atomic mass is 32.2. The van der Waals surface area contributed by atoms with Crippen molar-refractivity contribution in [1.82, 2.24) is 10.2 Å². The third-order valence-electron chi connectivity index (χ3n) is 5.77. The normalized spacial score (nSPS) is 16.8. The first kappa shape index (κ1) is 24.4. The molecule has 1 atom stereocenters. The number of benzene rings is 2. The van der Waals surface area contributed by atoms with Gasteiger partial charge in [0.25, 0.3) is 0 Å². The maximum Gasteiger partial charge on any atom is 0.338 e. The van der Waals surface area contributed by atoms with Crippen LogP contribution in [-0.4, -0.2) is 43.3 Å². The molecule has 2 aromatic carbocycles. The number of fused-ring (bicyclic) bond motifs is 1. The maximum atomic E-state index is 12.9. The van der Waals surface area contributed by atoms with Gasteiger partial charge in [-0.2, -0.15) is 0 Å². The Labute approximate surface area is 208 Å². The van der Waals surface area contributed by atoms with Gasteiger partial charge in [0.2, 0.25) is 5.91 Å². The molecule has 8 nitrogen and oxygen atoms in total. The summed E-state index contributed by atoms with van der Waals surface area (Å²) in [7, 11) is 4.49. The highest BCUT2D eigenvalue weighted by Crippen LogP contribution is 2.46. The molecule has 2 aliphatic rings. The fraction of sp³-hybridized carbons (Fsp3) is 0.269. The lowest BCUT2D eigenvalue weighted by Gasteiger charge is -2.36. The molecular formula is C26H27N3O5S. The first-order chi connectivity index (χ1) is 16.9. The van der Waals surface area contributed by atoms with Gasteiger partial charge in [-0.15, -0.1) is 0 Å². The third-order valence-corrected chi connectivity index (χ3v) is 6.66. The summed E-state index contributed by atoms with van der Waals surface area (Å²) in [6.45, 7) is 2.22. The Bertz CT molecular complexity index is 1200. The average Bonchev–Trinajstić information content (AvgIpc) is 3.27. The summed E-state index contributed by atoms with van der Waals surface area (Å²) in [5, 5.41) is 5.56. The van der Waals surface area contributed by atoms with E-state index in [9.17, 15) is 9.59 Å². The number of hydrogen-bond donors (Lipinski definition) is 1. The summed E-state index contributed by atoms with van der Waals surface area (Å²) in [4.78, 5) is 32.3. The second-order valence-corrected chi connectivity index (χ2v) is 8.81. The number of thioether (sulfide) groups is 1. The quantitative estimate of drug-likeness (QED) is 0.553. The molecule has 2 heterocycles. The van der Waals surface area contributed by atoms with E-state index in [-0.39, 0.29) is 12.3 Å². The van der Waals surface area contributed by atoms with Crippen LogP contribution in [0.2, 0.25) is 0 Å². The molecule has 2 aromatic rings. The minimum Gasteiger partial charge on any atom is -0.497 e. The molecule has 1 N–H and O–H groups in total. The summed E-state index contributed by atoms with van der Waals surface area (Å²) < 4.78 is 16.1. The number of allylic oxidation sites excluding steroid dienone is 1. The van der Waals surface area contributed by atoms with Crippen molar-refractivity contribution in [3.8, 4) is 11.5 Å². The molecule has 2 aliphatic heterocycles. The maximum absolute atomic E-state index is 12.9. The fourth-order valence-electron chi connectivity index (χ4n) is 4.07. The van der Waals surface area contributed by atoms with Crippen molar-refractivity contribution in [2.45, 2.75) is 25.9 Å². The SMILES string of the molecule is COC(=O)C1=C(C)N=C2SC=C(CC(=O)NCc3ccccc3)N2C1c1cc(OC)cc(OC)c1. The highest BCUT2D eigenvalue weighted by molar-refractivity contribution is 8.16. The molecule has 1 unspecified atom stereocenters. The van der Waals surface area contributed by atoms with E-state index in [0.717, 1.165) is 16.8 Å². The van der Waals surface area contributed by atoms with Crippen LogP contribution in [0.4, 0.5) is 0 Å². The molecule has 4 rings (SSSR count). The molecule has 0 fully saturated rings. The van der Waals surface area contributed by atoms with Crippen LogP contribution in [0, 0.1) is 0 Å². The number of methoxy groups -OCH3 is 3. The van der Waals surface area contributed by atoms with Gasteiger partial charge in [-0.25, -0.2) is 9.79 Å². The van der Waals surface area contributed by atoms with Crippen LogP contribution in [0.25, 0.3) is 0 Å². The smallest absolute Gasteiger partial charge is 0.338 e. The Kier molecular flexibility index (Phi) is 7.45. The van der Waals surface area contributed by atoms with Crippen LogP contribution in [0.5, 0.6) is 11.5 Å². The van der Waals surface area contributed by atoms with Crippen molar-refractivity contribution in [2.75, 3.05) is 21.3 Å². The molecule has 182 valence electrons. The first-order valence-electron chi connectivity index (χ1n) is 11.0. The van der Waals surface area contributed by atoms with Gasteiger partial charge in [-0.3, -0.25) is 4.79 Å². The predicted molar refractivity (Wildman–Crippen MR) is 135 cm³/mol. The van der Waals surface area contributed by atoms with Crippen LogP contribution < -0.4 is 14.8 Å². The summed E-state index contributed by atoms with van der Waals surface area (Å²) in [6, 6.07) is 14.6. The van der Waals surface area contributed by atoms with Gasteiger partial charge >= 0.3 is 5.97 Å². The van der Waals surface area contributed by atoms with Gasteiger partial charge in [-0.1, -0.05) is 42.1 Å². The van der Waals surface area contributed by atoms with Crippen molar-refractivity contribution in [3.63, 3.8) is 0 Å². The molecule has 0 bridgehead atoms. The Morgan fingerprint density at radius 1 is 1.06 bits per heavy atom. The number of nitrogens with zero attached hydrogens (tertiary/aromatic N) is 2. The molecule has 1 amide bonds. The van der Waals surface area contributed by atoms with Gasteiger partial charge in [0.1, 0.15) is 11.5 Å². The van der Waals surface area contributed by atoms with Gasteiger partial charge in [-0.05, 0) is 35.6 Å². The van der Waals surface area contributed by atoms with E-state index in [1.165, 1.54) is 18.9 Å². The molecule has 0 aliphatic carbocycles. The summed E-state index contributed by atoms with van der Waals surface area (Å²) >= 11 is 1.42. The van der Waals surface area contributed by atoms with Crippen molar-refractivity contribution in [1.29, 1.82) is 0 Å². The van der Waals surface area contributed by atoms with Crippen molar-refractivity contribution in [2.24, 2.45) is 4.99 Å². The lowest BCUT2D eigenvalue weighted by Crippen LogP contribution is -2.38. The Hall–Kier alpha value is -3.72. The van der Waals surface area contributed by atoms with E-state index in [2.05, 4.69) is 10.3 Å². The molecule has 9 heteroatoms. The van der Waals surface area contributed by atoms with Crippen LogP contribution >= 0.6 is 11.8 Å². The predicted octanol–water partition coefficient (Wildman–Crippen LogP) is 4.16. The van der Waals surface area contributed by atoms with Crippen molar-refractivity contribution in [3.05, 3.63) is 82.0 Å². The average molecular weight is 494 g/mol. The number of carbonyl (C=O) groups excluding carboxylic acids is 2. The minimum absolute atomic E-state index is 0.129. The Morgan fingerprint density at radius 3 is 2.37 bits per heavy atom. The van der Waals surface area contributed by atoms with Crippen molar-refractivity contribution >= 4 is 28.8 Å². The number of ether oxygens (including phenoxy) is 3. The van der Waals surface area contributed by atoms with Crippen LogP contribution in [0.1, 0.15) is 30.5 Å². The number of esters is 1. The van der Waals surface area contributed by atoms with E-state index in [0.29, 0.717) is 34.5 Å². The number of rotatable bonds is 8. The number of nitrogens with one attached hydrogen (secondary N) is 1. The van der Waals surface area contributed by atoms with Crippen LogP contribution in [-0.2, 0) is 20.9 Å². The highest BCUT2D eigenvalue weighted by Gasteiger charge is 2.41. The van der Waals surface area contributed by atoms with Crippen LogP contribution in [0.15, 0.2) is 75.9 Å². The Balaban J connectivity index is 1.67. The zero-order valence-corrected chi connectivity index (χ0v) is 20.8. The summed E-state index contributed by atoms with van der Waals surface area (Å²) in [6.07, 6.45) is 0.129. The topological polar surface area (TPSA) is 89.5 Å². The third kappa shape index (κ3) is 5.19. The fourth-order valence-corrected chi connectivity index (χ4v) is 5.03. The molecule has 0 saturated carbocycles. The zero-order valence-electron chi connectivity index (χ0n) is 20.0. The largest absolute Gasteiger partial charge is 0.497 e. The standard InChI is InChI=1S/C26H27N3O5S/c1-16-23(25(31)34-4)24(18-10-20(32-2)13-21(11-18)33-3)29-19(15-35-26(29)28-16)12-22(30)27-14-17-8-6-5-7-9-17/h5-11,13,15,24H,12,14H2,1-4H3,(H,27,30). The number of carbonyl (C=O) groups is 2. The Morgan fingerprint density at radius 2 is 1.74 bits per heavy atom. The van der Waals surface area contributed by atoms with Crippen molar-refractivity contribution < 1.29 is 23.8 Å². The number of hydrogen-bond acceptors (Lipinski definition) is 8. The number of amides is 1. The summed E-state index contributed by atoms with van der Waals surface area (Å²) in [5.41, 5.74) is 3.46. The second-order valence-electron chi connectivity index (χ2n) is 7.97. The lowest BCUT2D eigenvalue weighted by atomic mass is 9.93. The molecule has 0 radical (unpaired) electrons. The van der Waals surface area contributed by atoms with Gasteiger partial charge in [0, 0.05) is 18.3 Å². The van der Waals surface area contributed by atoms with E-state index in [1.807, 2.05) is 52.8 Å². The van der Waals surface area contributed by atoms with Gasteiger partial charge in [0.15, 0.2) is 5.17 Å². The minimum atomic E-state index is -0.567. The van der Waals surface area contributed by atoms with Crippen LogP contribution in [0.3, 0.4) is 0 Å². The van der Waals surface area contributed by atoms with E-state index in [1.54, 1.807) is 27.2 Å². The molecule has 0 aromatic heterocycles. The first-order valence-corrected chi connectivity index (χ1v) is 11.9. The van der Waals surface area contributed by atoms with Gasteiger partial charge < -0.3 is 24.4 Å². The van der Waals surface area contributed by atoms with Gasteiger partial charge in [0.05, 0.1) is 45.1 Å². The zero-order chi connectivity index (χ0) is 24.9. The second kappa shape index (κ2) is 10.7. The molecule has 0 spiro atoms. The van der Waals surface area contributed by atoms with E-state index < -0.39 is 12.0 Å². The molecule has 0 saturated heterocycles. The summed E-state index contributed by atoms with van der Waals surface area (Å²) in [5.74, 6) is 0.559.